The highest BCUT2D eigenvalue weighted by atomic mass is 32.2. The van der Waals surface area contributed by atoms with Gasteiger partial charge in [-0.25, -0.2) is 0 Å². The van der Waals surface area contributed by atoms with Gasteiger partial charge in [-0.15, -0.1) is 0 Å². The van der Waals surface area contributed by atoms with Crippen molar-refractivity contribution in [2.75, 3.05) is 6.54 Å². The highest BCUT2D eigenvalue weighted by Crippen LogP contribution is 2.47. The van der Waals surface area contributed by atoms with Gasteiger partial charge in [-0.3, -0.25) is 4.99 Å². The molecule has 168 valence electrons. The smallest absolute Gasteiger partial charge is 0.277 e. The summed E-state index contributed by atoms with van der Waals surface area (Å²) in [5.41, 5.74) is 2.38. The topological polar surface area (TPSA) is 73.8 Å². The average molecular weight is 427 g/mol. The van der Waals surface area contributed by atoms with Gasteiger partial charge in [0.15, 0.2) is 0 Å². The Bertz CT molecular complexity index is 790. The number of hydrogen-bond donors (Lipinski definition) is 2. The van der Waals surface area contributed by atoms with Crippen LogP contribution in [0.5, 0.6) is 0 Å². The van der Waals surface area contributed by atoms with Gasteiger partial charge in [-0.05, 0) is 30.3 Å². The number of hydrogen-bond acceptors (Lipinski definition) is 4. The fourth-order valence-electron chi connectivity index (χ4n) is 4.33. The molecule has 1 saturated heterocycles. The number of aliphatic imine (C=N–C) groups is 1. The van der Waals surface area contributed by atoms with Crippen molar-refractivity contribution in [1.29, 1.82) is 0 Å². The first kappa shape index (κ1) is 24.4. The zero-order valence-electron chi connectivity index (χ0n) is 20.3. The maximum Gasteiger partial charge on any atom is 0.277 e. The van der Waals surface area contributed by atoms with Crippen LogP contribution in [0.3, 0.4) is 0 Å². The Labute approximate surface area is 178 Å². The maximum absolute atomic E-state index is 12.5. The van der Waals surface area contributed by atoms with E-state index in [1.807, 2.05) is 13.8 Å². The first-order valence-corrected chi connectivity index (χ1v) is 12.2. The molecule has 2 unspecified atom stereocenters. The molecule has 6 nitrogen and oxygen atoms in total. The molecule has 0 bridgehead atoms. The molecule has 0 saturated carbocycles. The van der Waals surface area contributed by atoms with E-state index < -0.39 is 10.2 Å². The minimum absolute atomic E-state index is 0.0189. The van der Waals surface area contributed by atoms with Gasteiger partial charge in [0.25, 0.3) is 10.2 Å². The summed E-state index contributed by atoms with van der Waals surface area (Å²) in [7, 11) is -3.54. The number of nitrogens with one attached hydrogen (secondary N) is 2. The van der Waals surface area contributed by atoms with Gasteiger partial charge in [0.1, 0.15) is 5.84 Å². The van der Waals surface area contributed by atoms with Crippen LogP contribution >= 0.6 is 0 Å². The summed E-state index contributed by atoms with van der Waals surface area (Å²) in [6.45, 7) is 24.3. The van der Waals surface area contributed by atoms with Crippen LogP contribution in [-0.4, -0.2) is 43.8 Å². The summed E-state index contributed by atoms with van der Waals surface area (Å²) in [4.78, 5) is 7.57. The van der Waals surface area contributed by atoms with E-state index in [2.05, 4.69) is 76.7 Å². The van der Waals surface area contributed by atoms with Crippen LogP contribution in [0.15, 0.2) is 16.3 Å². The Morgan fingerprint density at radius 1 is 1.00 bits per heavy atom. The number of amidine groups is 1. The average Bonchev–Trinajstić information content (AvgIpc) is 2.81. The van der Waals surface area contributed by atoms with Gasteiger partial charge in [0.05, 0.1) is 6.04 Å². The van der Waals surface area contributed by atoms with Crippen molar-refractivity contribution >= 4 is 16.0 Å². The molecule has 7 heteroatoms. The van der Waals surface area contributed by atoms with Crippen LogP contribution in [0.1, 0.15) is 82.6 Å². The molecule has 2 aliphatic rings. The molecule has 29 heavy (non-hydrogen) atoms. The van der Waals surface area contributed by atoms with Crippen LogP contribution in [0.4, 0.5) is 0 Å². The molecule has 2 rings (SSSR count). The Hall–Kier alpha value is -0.920. The molecule has 0 aromatic carbocycles. The minimum atomic E-state index is -3.54. The summed E-state index contributed by atoms with van der Waals surface area (Å²) >= 11 is 0. The van der Waals surface area contributed by atoms with Crippen molar-refractivity contribution in [2.24, 2.45) is 21.2 Å². The molecule has 2 N–H and O–H groups in total. The Balaban J connectivity index is 2.54. The van der Waals surface area contributed by atoms with Crippen molar-refractivity contribution in [1.82, 2.24) is 14.3 Å². The van der Waals surface area contributed by atoms with Crippen LogP contribution in [0, 0.1) is 16.2 Å². The second-order valence-corrected chi connectivity index (χ2v) is 13.5. The van der Waals surface area contributed by atoms with E-state index in [1.165, 1.54) is 11.3 Å². The lowest BCUT2D eigenvalue weighted by atomic mass is 9.70. The van der Waals surface area contributed by atoms with Gasteiger partial charge in [0, 0.05) is 36.2 Å². The van der Waals surface area contributed by atoms with E-state index in [0.717, 1.165) is 5.84 Å². The molecule has 2 heterocycles. The van der Waals surface area contributed by atoms with Crippen molar-refractivity contribution in [2.45, 2.75) is 101 Å². The number of fused-ring (bicyclic) bond motifs is 1. The Kier molecular flexibility index (Phi) is 6.42. The molecule has 0 amide bonds. The van der Waals surface area contributed by atoms with Crippen molar-refractivity contribution < 1.29 is 8.42 Å². The first-order valence-electron chi connectivity index (χ1n) is 10.7. The summed E-state index contributed by atoms with van der Waals surface area (Å²) in [5, 5.41) is 0. The third-order valence-corrected chi connectivity index (χ3v) is 6.70. The second-order valence-electron chi connectivity index (χ2n) is 12.0. The largest absolute Gasteiger partial charge is 0.332 e. The third kappa shape index (κ3) is 5.61. The molecule has 2 atom stereocenters. The number of nitrogens with zero attached hydrogens (tertiary/aromatic N) is 2. The SMILES string of the molecule is CC(C)NS(=O)(=O)NC1CC2=C(C(C)(C)C)C(C(C)(C)C)N=C(C(C)(C)C)N2C1. The van der Waals surface area contributed by atoms with Gasteiger partial charge in [0.2, 0.25) is 0 Å². The quantitative estimate of drug-likeness (QED) is 0.712. The van der Waals surface area contributed by atoms with Gasteiger partial charge in [-0.1, -0.05) is 62.3 Å². The second kappa shape index (κ2) is 7.65. The monoisotopic (exact) mass is 426 g/mol. The van der Waals surface area contributed by atoms with E-state index in [4.69, 9.17) is 4.99 Å². The predicted molar refractivity (Wildman–Crippen MR) is 122 cm³/mol. The molecule has 0 spiro atoms. The summed E-state index contributed by atoms with van der Waals surface area (Å²) in [6.07, 6.45) is 0.688. The predicted octanol–water partition coefficient (Wildman–Crippen LogP) is 4.07. The zero-order valence-corrected chi connectivity index (χ0v) is 21.1. The lowest BCUT2D eigenvalue weighted by molar-refractivity contribution is 0.285. The molecular weight excluding hydrogens is 384 g/mol. The van der Waals surface area contributed by atoms with Crippen LogP contribution in [0.25, 0.3) is 0 Å². The summed E-state index contributed by atoms with van der Waals surface area (Å²) in [5.74, 6) is 1.05. The van der Waals surface area contributed by atoms with E-state index in [9.17, 15) is 8.42 Å². The van der Waals surface area contributed by atoms with Gasteiger partial charge < -0.3 is 4.90 Å². The molecule has 0 aromatic rings. The Morgan fingerprint density at radius 2 is 1.55 bits per heavy atom. The molecular formula is C22H42N4O2S. The van der Waals surface area contributed by atoms with E-state index >= 15 is 0 Å². The van der Waals surface area contributed by atoms with Gasteiger partial charge in [-0.2, -0.15) is 17.9 Å². The first-order chi connectivity index (χ1) is 12.8. The van der Waals surface area contributed by atoms with Crippen molar-refractivity contribution in [3.8, 4) is 0 Å². The lowest BCUT2D eigenvalue weighted by Gasteiger charge is -2.45. The highest BCUT2D eigenvalue weighted by Gasteiger charge is 2.46. The molecule has 1 fully saturated rings. The summed E-state index contributed by atoms with van der Waals surface area (Å²) < 4.78 is 30.5. The standard InChI is InChI=1S/C22H42N4O2S/c1-14(2)24-29(27,28)25-15-12-16-17(20(3,4)5)18(21(6,7)8)23-19(22(9,10)11)26(16)13-15/h14-15,18,24-25H,12-13H2,1-11H3. The highest BCUT2D eigenvalue weighted by molar-refractivity contribution is 7.87. The van der Waals surface area contributed by atoms with Crippen LogP contribution < -0.4 is 9.44 Å². The molecule has 0 radical (unpaired) electrons. The van der Waals surface area contributed by atoms with Gasteiger partial charge >= 0.3 is 0 Å². The van der Waals surface area contributed by atoms with E-state index in [1.54, 1.807) is 0 Å². The van der Waals surface area contributed by atoms with Crippen LogP contribution in [-0.2, 0) is 10.2 Å². The minimum Gasteiger partial charge on any atom is -0.332 e. The molecule has 2 aliphatic heterocycles. The summed E-state index contributed by atoms with van der Waals surface area (Å²) in [6, 6.07) is -0.241. The third-order valence-electron chi connectivity index (χ3n) is 5.27. The Morgan fingerprint density at radius 3 is 1.97 bits per heavy atom. The fourth-order valence-corrected chi connectivity index (χ4v) is 5.62. The lowest BCUT2D eigenvalue weighted by Crippen LogP contribution is -2.49. The normalized spacial score (nSPS) is 24.3. The zero-order chi connectivity index (χ0) is 22.6. The van der Waals surface area contributed by atoms with E-state index in [-0.39, 0.29) is 34.4 Å². The molecule has 0 aromatic heterocycles. The van der Waals surface area contributed by atoms with E-state index in [0.29, 0.717) is 13.0 Å². The van der Waals surface area contributed by atoms with Crippen molar-refractivity contribution in [3.05, 3.63) is 11.3 Å². The maximum atomic E-state index is 12.5. The molecule has 0 aliphatic carbocycles. The van der Waals surface area contributed by atoms with Crippen molar-refractivity contribution in [3.63, 3.8) is 0 Å². The fraction of sp³-hybridized carbons (Fsp3) is 0.864. The number of rotatable bonds is 4. The van der Waals surface area contributed by atoms with Crippen LogP contribution in [0.2, 0.25) is 0 Å².